The van der Waals surface area contributed by atoms with Crippen LogP contribution in [0.25, 0.3) is 0 Å². The van der Waals surface area contributed by atoms with E-state index in [2.05, 4.69) is 17.2 Å². The summed E-state index contributed by atoms with van der Waals surface area (Å²) in [4.78, 5) is 1.17. The first-order chi connectivity index (χ1) is 8.56. The Kier molecular flexibility index (Phi) is 4.09. The molecule has 0 aliphatic heterocycles. The van der Waals surface area contributed by atoms with Gasteiger partial charge in [-0.25, -0.2) is 0 Å². The third kappa shape index (κ3) is 3.15. The summed E-state index contributed by atoms with van der Waals surface area (Å²) in [5.41, 5.74) is 3.21. The number of aliphatic hydroxyl groups is 1. The van der Waals surface area contributed by atoms with Gasteiger partial charge in [-0.1, -0.05) is 12.1 Å². The fraction of sp³-hybridized carbons (Fsp3) is 0.357. The summed E-state index contributed by atoms with van der Waals surface area (Å²) in [5, 5.41) is 13.9. The Balaban J connectivity index is 2.06. The van der Waals surface area contributed by atoms with Crippen LogP contribution in [-0.2, 0) is 12.8 Å². The third-order valence-electron chi connectivity index (χ3n) is 2.83. The Morgan fingerprint density at radius 2 is 2.17 bits per heavy atom. The van der Waals surface area contributed by atoms with Gasteiger partial charge in [0.25, 0.3) is 0 Å². The highest BCUT2D eigenvalue weighted by Crippen LogP contribution is 2.25. The van der Waals surface area contributed by atoms with E-state index in [1.165, 1.54) is 10.6 Å². The lowest BCUT2D eigenvalue weighted by molar-refractivity contribution is 0.199. The minimum Gasteiger partial charge on any atom is -0.389 e. The molecule has 0 saturated heterocycles. The van der Waals surface area contributed by atoms with E-state index in [1.54, 1.807) is 18.7 Å². The Morgan fingerprint density at radius 3 is 2.78 bits per heavy atom. The van der Waals surface area contributed by atoms with Crippen molar-refractivity contribution in [3.63, 3.8) is 0 Å². The first-order valence-electron chi connectivity index (χ1n) is 5.96. The quantitative estimate of drug-likeness (QED) is 0.861. The lowest BCUT2D eigenvalue weighted by atomic mass is 10.1. The van der Waals surface area contributed by atoms with E-state index in [4.69, 9.17) is 0 Å². The minimum atomic E-state index is -0.413. The number of hydrogen-bond donors (Lipinski definition) is 1. The van der Waals surface area contributed by atoms with E-state index in [0.29, 0.717) is 0 Å². The smallest absolute Gasteiger partial charge is 0.0762 e. The van der Waals surface area contributed by atoms with Crippen LogP contribution in [0.4, 0.5) is 0 Å². The van der Waals surface area contributed by atoms with Crippen molar-refractivity contribution >= 4 is 11.8 Å². The number of rotatable bonds is 4. The highest BCUT2D eigenvalue weighted by atomic mass is 32.2. The van der Waals surface area contributed by atoms with Crippen molar-refractivity contribution in [1.82, 2.24) is 9.78 Å². The van der Waals surface area contributed by atoms with Gasteiger partial charge >= 0.3 is 0 Å². The monoisotopic (exact) mass is 262 g/mol. The van der Waals surface area contributed by atoms with Crippen LogP contribution in [0, 0.1) is 6.92 Å². The molecule has 1 atom stereocenters. The third-order valence-corrected chi connectivity index (χ3v) is 3.85. The maximum absolute atomic E-state index is 9.56. The van der Waals surface area contributed by atoms with Crippen LogP contribution in [0.5, 0.6) is 0 Å². The fourth-order valence-corrected chi connectivity index (χ4v) is 2.80. The standard InChI is InChI=1S/C14H18N2OS/c1-10-7-13(16(3)15-10)9-18-14-6-4-5-12(8-14)11(2)17/h4-8,11,17H,9H2,1-3H3. The maximum atomic E-state index is 9.56. The van der Waals surface area contributed by atoms with Gasteiger partial charge < -0.3 is 5.11 Å². The summed E-state index contributed by atoms with van der Waals surface area (Å²) < 4.78 is 1.92. The highest BCUT2D eigenvalue weighted by Gasteiger charge is 2.05. The predicted octanol–water partition coefficient (Wildman–Crippen LogP) is 3.07. The zero-order valence-electron chi connectivity index (χ0n) is 10.9. The lowest BCUT2D eigenvalue weighted by Gasteiger charge is -2.07. The topological polar surface area (TPSA) is 38.0 Å². The van der Waals surface area contributed by atoms with Gasteiger partial charge in [0, 0.05) is 23.4 Å². The van der Waals surface area contributed by atoms with Crippen LogP contribution >= 0.6 is 11.8 Å². The van der Waals surface area contributed by atoms with Gasteiger partial charge in [0.05, 0.1) is 11.8 Å². The minimum absolute atomic E-state index is 0.413. The molecule has 0 radical (unpaired) electrons. The summed E-state index contributed by atoms with van der Waals surface area (Å²) >= 11 is 1.76. The first-order valence-corrected chi connectivity index (χ1v) is 6.95. The number of aliphatic hydroxyl groups excluding tert-OH is 1. The van der Waals surface area contributed by atoms with Gasteiger partial charge in [-0.15, -0.1) is 11.8 Å². The Bertz CT molecular complexity index is 534. The van der Waals surface area contributed by atoms with Crippen LogP contribution in [0.3, 0.4) is 0 Å². The molecule has 0 aliphatic rings. The molecule has 1 heterocycles. The van der Waals surface area contributed by atoms with Gasteiger partial charge in [0.1, 0.15) is 0 Å². The molecule has 1 unspecified atom stereocenters. The number of nitrogens with zero attached hydrogens (tertiary/aromatic N) is 2. The molecule has 3 nitrogen and oxygen atoms in total. The van der Waals surface area contributed by atoms with E-state index in [9.17, 15) is 5.11 Å². The van der Waals surface area contributed by atoms with Gasteiger partial charge in [0.15, 0.2) is 0 Å². The number of thioether (sulfide) groups is 1. The first kappa shape index (κ1) is 13.2. The molecule has 2 aromatic rings. The molecule has 1 aromatic carbocycles. The van der Waals surface area contributed by atoms with E-state index >= 15 is 0 Å². The van der Waals surface area contributed by atoms with Crippen LogP contribution in [0.2, 0.25) is 0 Å². The number of hydrogen-bond acceptors (Lipinski definition) is 3. The van der Waals surface area contributed by atoms with Gasteiger partial charge in [-0.3, -0.25) is 4.68 Å². The van der Waals surface area contributed by atoms with E-state index < -0.39 is 6.10 Å². The number of aryl methyl sites for hydroxylation is 2. The molecule has 4 heteroatoms. The summed E-state index contributed by atoms with van der Waals surface area (Å²) in [5.74, 6) is 0.889. The largest absolute Gasteiger partial charge is 0.389 e. The van der Waals surface area contributed by atoms with Gasteiger partial charge in [0.2, 0.25) is 0 Å². The maximum Gasteiger partial charge on any atom is 0.0762 e. The molecular formula is C14H18N2OS. The van der Waals surface area contributed by atoms with Crippen LogP contribution < -0.4 is 0 Å². The molecule has 0 aliphatic carbocycles. The molecule has 1 aromatic heterocycles. The second-order valence-corrected chi connectivity index (χ2v) is 5.49. The van der Waals surface area contributed by atoms with Crippen LogP contribution in [0.1, 0.15) is 30.0 Å². The van der Waals surface area contributed by atoms with Crippen molar-refractivity contribution < 1.29 is 5.11 Å². The Labute approximate surface area is 112 Å². The zero-order valence-corrected chi connectivity index (χ0v) is 11.7. The SMILES string of the molecule is Cc1cc(CSc2cccc(C(C)O)c2)n(C)n1. The van der Waals surface area contributed by atoms with Crippen molar-refractivity contribution in [3.05, 3.63) is 47.3 Å². The number of benzene rings is 1. The zero-order chi connectivity index (χ0) is 13.1. The molecule has 0 fully saturated rings. The molecule has 0 spiro atoms. The highest BCUT2D eigenvalue weighted by molar-refractivity contribution is 7.98. The molecule has 0 saturated carbocycles. The van der Waals surface area contributed by atoms with Crippen molar-refractivity contribution in [2.24, 2.45) is 7.05 Å². The average Bonchev–Trinajstić information content (AvgIpc) is 2.65. The summed E-state index contributed by atoms with van der Waals surface area (Å²) in [6, 6.07) is 10.1. The number of aromatic nitrogens is 2. The van der Waals surface area contributed by atoms with E-state index in [1.807, 2.05) is 36.9 Å². The van der Waals surface area contributed by atoms with Crippen molar-refractivity contribution in [1.29, 1.82) is 0 Å². The van der Waals surface area contributed by atoms with Crippen LogP contribution in [-0.4, -0.2) is 14.9 Å². The Morgan fingerprint density at radius 1 is 1.39 bits per heavy atom. The average molecular weight is 262 g/mol. The molecule has 0 amide bonds. The predicted molar refractivity (Wildman–Crippen MR) is 74.6 cm³/mol. The molecule has 18 heavy (non-hydrogen) atoms. The Hall–Kier alpha value is -1.26. The molecular weight excluding hydrogens is 244 g/mol. The van der Waals surface area contributed by atoms with Gasteiger partial charge in [-0.2, -0.15) is 5.10 Å². The summed E-state index contributed by atoms with van der Waals surface area (Å²) in [6.07, 6.45) is -0.413. The van der Waals surface area contributed by atoms with Crippen molar-refractivity contribution in [3.8, 4) is 0 Å². The molecule has 1 N–H and O–H groups in total. The lowest BCUT2D eigenvalue weighted by Crippen LogP contribution is -1.96. The molecule has 2 rings (SSSR count). The van der Waals surface area contributed by atoms with Crippen molar-refractivity contribution in [2.45, 2.75) is 30.6 Å². The van der Waals surface area contributed by atoms with E-state index in [-0.39, 0.29) is 0 Å². The summed E-state index contributed by atoms with van der Waals surface area (Å²) in [7, 11) is 1.97. The van der Waals surface area contributed by atoms with E-state index in [0.717, 1.165) is 17.0 Å². The molecule has 96 valence electrons. The normalized spacial score (nSPS) is 12.7. The van der Waals surface area contributed by atoms with Gasteiger partial charge in [-0.05, 0) is 37.6 Å². The van der Waals surface area contributed by atoms with Crippen molar-refractivity contribution in [2.75, 3.05) is 0 Å². The molecule has 0 bridgehead atoms. The summed E-state index contributed by atoms with van der Waals surface area (Å²) in [6.45, 7) is 3.79. The second kappa shape index (κ2) is 5.59. The van der Waals surface area contributed by atoms with Crippen LogP contribution in [0.15, 0.2) is 35.2 Å². The fourth-order valence-electron chi connectivity index (χ4n) is 1.82. The second-order valence-electron chi connectivity index (χ2n) is 4.44.